The number of hydrogen-bond acceptors (Lipinski definition) is 3. The SMILES string of the molecule is [N-]=[N+]=NCC1CC(=O)N(Cc2cccc(OC3CCCC3)c2)C1. The van der Waals surface area contributed by atoms with Gasteiger partial charge in [0, 0.05) is 31.0 Å². The number of carbonyl (C=O) groups excluding carboxylic acids is 1. The van der Waals surface area contributed by atoms with E-state index in [4.69, 9.17) is 10.3 Å². The Bertz CT molecular complexity index is 606. The number of azide groups is 1. The summed E-state index contributed by atoms with van der Waals surface area (Å²) in [6.07, 6.45) is 5.58. The van der Waals surface area contributed by atoms with E-state index >= 15 is 0 Å². The van der Waals surface area contributed by atoms with Gasteiger partial charge in [0.05, 0.1) is 6.10 Å². The van der Waals surface area contributed by atoms with Crippen LogP contribution in [-0.2, 0) is 11.3 Å². The Morgan fingerprint density at radius 2 is 2.17 bits per heavy atom. The van der Waals surface area contributed by atoms with Crippen LogP contribution in [0.5, 0.6) is 5.75 Å². The van der Waals surface area contributed by atoms with Gasteiger partial charge in [-0.25, -0.2) is 0 Å². The van der Waals surface area contributed by atoms with Crippen LogP contribution in [0.1, 0.15) is 37.7 Å². The van der Waals surface area contributed by atoms with Crippen LogP contribution in [0.25, 0.3) is 10.4 Å². The predicted octanol–water partition coefficient (Wildman–Crippen LogP) is 3.67. The first-order chi connectivity index (χ1) is 11.2. The number of hydrogen-bond donors (Lipinski definition) is 0. The molecule has 23 heavy (non-hydrogen) atoms. The lowest BCUT2D eigenvalue weighted by Gasteiger charge is -2.18. The van der Waals surface area contributed by atoms with Gasteiger partial charge in [0.25, 0.3) is 0 Å². The highest BCUT2D eigenvalue weighted by Gasteiger charge is 2.29. The Labute approximate surface area is 136 Å². The first-order valence-electron chi connectivity index (χ1n) is 8.29. The number of nitrogens with zero attached hydrogens (tertiary/aromatic N) is 4. The molecule has 6 heteroatoms. The summed E-state index contributed by atoms with van der Waals surface area (Å²) in [5.74, 6) is 1.16. The maximum atomic E-state index is 12.1. The summed E-state index contributed by atoms with van der Waals surface area (Å²) in [5.41, 5.74) is 9.47. The molecule has 0 bridgehead atoms. The number of carbonyl (C=O) groups is 1. The Balaban J connectivity index is 1.59. The van der Waals surface area contributed by atoms with Gasteiger partial charge in [-0.1, -0.05) is 17.2 Å². The molecule has 1 aromatic rings. The quantitative estimate of drug-likeness (QED) is 0.456. The second kappa shape index (κ2) is 7.38. The van der Waals surface area contributed by atoms with E-state index in [1.807, 2.05) is 29.2 Å². The molecule has 3 rings (SSSR count). The van der Waals surface area contributed by atoms with E-state index < -0.39 is 0 Å². The van der Waals surface area contributed by atoms with Crippen molar-refractivity contribution >= 4 is 5.91 Å². The van der Waals surface area contributed by atoms with E-state index in [1.165, 1.54) is 12.8 Å². The highest BCUT2D eigenvalue weighted by atomic mass is 16.5. The van der Waals surface area contributed by atoms with Gasteiger partial charge in [-0.15, -0.1) is 0 Å². The second-order valence-electron chi connectivity index (χ2n) is 6.43. The number of rotatable bonds is 6. The van der Waals surface area contributed by atoms with Crippen LogP contribution in [0.15, 0.2) is 29.4 Å². The lowest BCUT2D eigenvalue weighted by Crippen LogP contribution is -2.24. The minimum atomic E-state index is 0.130. The van der Waals surface area contributed by atoms with Crippen molar-refractivity contribution < 1.29 is 9.53 Å². The van der Waals surface area contributed by atoms with E-state index in [1.54, 1.807) is 0 Å². The van der Waals surface area contributed by atoms with Gasteiger partial charge >= 0.3 is 0 Å². The average Bonchev–Trinajstić information content (AvgIpc) is 3.16. The van der Waals surface area contributed by atoms with Gasteiger partial charge < -0.3 is 9.64 Å². The maximum Gasteiger partial charge on any atom is 0.223 e. The zero-order valence-electron chi connectivity index (χ0n) is 13.2. The van der Waals surface area contributed by atoms with Crippen LogP contribution in [0.2, 0.25) is 0 Å². The van der Waals surface area contributed by atoms with Gasteiger partial charge in [-0.05, 0) is 54.8 Å². The Hall–Kier alpha value is -2.20. The Morgan fingerprint density at radius 3 is 2.96 bits per heavy atom. The van der Waals surface area contributed by atoms with Gasteiger partial charge in [0.15, 0.2) is 0 Å². The molecule has 1 aromatic carbocycles. The third kappa shape index (κ3) is 4.17. The zero-order chi connectivity index (χ0) is 16.1. The molecule has 0 spiro atoms. The summed E-state index contributed by atoms with van der Waals surface area (Å²) in [4.78, 5) is 16.7. The van der Waals surface area contributed by atoms with Crippen molar-refractivity contribution in [3.05, 3.63) is 40.3 Å². The predicted molar refractivity (Wildman–Crippen MR) is 86.9 cm³/mol. The molecule has 0 N–H and O–H groups in total. The van der Waals surface area contributed by atoms with Crippen molar-refractivity contribution in [3.8, 4) is 5.75 Å². The number of benzene rings is 1. The monoisotopic (exact) mass is 314 g/mol. The van der Waals surface area contributed by atoms with Crippen LogP contribution < -0.4 is 4.74 Å². The zero-order valence-corrected chi connectivity index (χ0v) is 13.2. The van der Waals surface area contributed by atoms with Crippen molar-refractivity contribution in [2.45, 2.75) is 44.8 Å². The fraction of sp³-hybridized carbons (Fsp3) is 0.588. The number of ether oxygens (including phenoxy) is 1. The van der Waals surface area contributed by atoms with E-state index in [9.17, 15) is 4.79 Å². The second-order valence-corrected chi connectivity index (χ2v) is 6.43. The summed E-state index contributed by atoms with van der Waals surface area (Å²) >= 11 is 0. The molecule has 2 aliphatic rings. The summed E-state index contributed by atoms with van der Waals surface area (Å²) < 4.78 is 6.02. The largest absolute Gasteiger partial charge is 0.490 e. The first kappa shape index (κ1) is 15.7. The molecule has 1 saturated heterocycles. The van der Waals surface area contributed by atoms with Crippen LogP contribution in [0, 0.1) is 5.92 Å². The summed E-state index contributed by atoms with van der Waals surface area (Å²) in [6, 6.07) is 8.03. The van der Waals surface area contributed by atoms with Crippen LogP contribution in [0.3, 0.4) is 0 Å². The molecular weight excluding hydrogens is 292 g/mol. The molecule has 122 valence electrons. The summed E-state index contributed by atoms with van der Waals surface area (Å²) in [7, 11) is 0. The molecule has 1 heterocycles. The summed E-state index contributed by atoms with van der Waals surface area (Å²) in [6.45, 7) is 1.64. The summed E-state index contributed by atoms with van der Waals surface area (Å²) in [5, 5.41) is 3.58. The third-order valence-corrected chi connectivity index (χ3v) is 4.57. The standard InChI is InChI=1S/C17H22N4O2/c18-20-19-10-14-9-17(22)21(12-14)11-13-4-3-7-16(8-13)23-15-5-1-2-6-15/h3-4,7-8,14-15H,1-2,5-6,9-12H2. The molecule has 1 atom stereocenters. The van der Waals surface area contributed by atoms with Crippen molar-refractivity contribution in [3.63, 3.8) is 0 Å². The van der Waals surface area contributed by atoms with Crippen LogP contribution >= 0.6 is 0 Å². The maximum absolute atomic E-state index is 12.1. The Kier molecular flexibility index (Phi) is 5.03. The van der Waals surface area contributed by atoms with Gasteiger partial charge in [0.1, 0.15) is 5.75 Å². The lowest BCUT2D eigenvalue weighted by molar-refractivity contribution is -0.128. The smallest absolute Gasteiger partial charge is 0.223 e. The fourth-order valence-electron chi connectivity index (χ4n) is 3.42. The average molecular weight is 314 g/mol. The van der Waals surface area contributed by atoms with E-state index in [2.05, 4.69) is 10.0 Å². The molecular formula is C17H22N4O2. The first-order valence-corrected chi connectivity index (χ1v) is 8.29. The highest BCUT2D eigenvalue weighted by Crippen LogP contribution is 2.26. The van der Waals surface area contributed by atoms with Crippen molar-refractivity contribution in [2.75, 3.05) is 13.1 Å². The van der Waals surface area contributed by atoms with E-state index in [-0.39, 0.29) is 11.8 Å². The van der Waals surface area contributed by atoms with Gasteiger partial charge in [0.2, 0.25) is 5.91 Å². The van der Waals surface area contributed by atoms with Crippen LogP contribution in [-0.4, -0.2) is 30.0 Å². The molecule has 1 saturated carbocycles. The Morgan fingerprint density at radius 1 is 1.35 bits per heavy atom. The number of amides is 1. The number of likely N-dealkylation sites (tertiary alicyclic amines) is 1. The molecule has 1 aliphatic heterocycles. The van der Waals surface area contributed by atoms with Crippen molar-refractivity contribution in [2.24, 2.45) is 11.0 Å². The molecule has 1 aliphatic carbocycles. The highest BCUT2D eigenvalue weighted by molar-refractivity contribution is 5.78. The van der Waals surface area contributed by atoms with Crippen molar-refractivity contribution in [1.82, 2.24) is 4.90 Å². The minimum absolute atomic E-state index is 0.130. The molecule has 0 aromatic heterocycles. The van der Waals surface area contributed by atoms with Gasteiger partial charge in [-0.3, -0.25) is 4.79 Å². The van der Waals surface area contributed by atoms with Crippen LogP contribution in [0.4, 0.5) is 0 Å². The molecule has 2 fully saturated rings. The molecule has 1 amide bonds. The third-order valence-electron chi connectivity index (χ3n) is 4.57. The van der Waals surface area contributed by atoms with Gasteiger partial charge in [-0.2, -0.15) is 0 Å². The minimum Gasteiger partial charge on any atom is -0.490 e. The fourth-order valence-corrected chi connectivity index (χ4v) is 3.42. The lowest BCUT2D eigenvalue weighted by atomic mass is 10.1. The van der Waals surface area contributed by atoms with Crippen molar-refractivity contribution in [1.29, 1.82) is 0 Å². The van der Waals surface area contributed by atoms with E-state index in [0.717, 1.165) is 24.2 Å². The topological polar surface area (TPSA) is 78.3 Å². The molecule has 1 unspecified atom stereocenters. The normalized spacial score (nSPS) is 21.5. The molecule has 6 nitrogen and oxygen atoms in total. The molecule has 0 radical (unpaired) electrons. The van der Waals surface area contributed by atoms with E-state index in [0.29, 0.717) is 32.2 Å².